The molecule has 1 heterocycles. The van der Waals surface area contributed by atoms with Crippen molar-refractivity contribution < 1.29 is 22.4 Å². The molecular weight excluding hydrogens is 374 g/mol. The molecule has 0 spiro atoms. The predicted molar refractivity (Wildman–Crippen MR) is 94.5 cm³/mol. The molecule has 0 amide bonds. The molecule has 0 unspecified atom stereocenters. The van der Waals surface area contributed by atoms with E-state index in [1.165, 1.54) is 37.4 Å². The Morgan fingerprint density at radius 3 is 2.78 bits per heavy atom. The molecule has 138 valence electrons. The molecule has 0 radical (unpaired) electrons. The Balaban J connectivity index is 1.98. The molecule has 9 nitrogen and oxygen atoms in total. The van der Waals surface area contributed by atoms with Crippen LogP contribution in [0.5, 0.6) is 0 Å². The van der Waals surface area contributed by atoms with Crippen LogP contribution in [0.25, 0.3) is 11.1 Å². The zero-order valence-corrected chi connectivity index (χ0v) is 14.8. The Labute approximate surface area is 153 Å². The van der Waals surface area contributed by atoms with Gasteiger partial charge in [-0.2, -0.15) is 5.26 Å². The molecule has 27 heavy (non-hydrogen) atoms. The van der Waals surface area contributed by atoms with Crippen molar-refractivity contribution in [2.45, 2.75) is 11.4 Å². The van der Waals surface area contributed by atoms with Crippen LogP contribution in [0.4, 0.5) is 5.69 Å². The second kappa shape index (κ2) is 6.97. The molecule has 0 aliphatic heterocycles. The first kappa shape index (κ1) is 18.2. The van der Waals surface area contributed by atoms with Gasteiger partial charge in [-0.25, -0.2) is 13.2 Å². The van der Waals surface area contributed by atoms with E-state index in [1.807, 2.05) is 6.07 Å². The van der Waals surface area contributed by atoms with E-state index < -0.39 is 21.7 Å². The normalized spacial score (nSPS) is 11.1. The van der Waals surface area contributed by atoms with Crippen LogP contribution in [-0.4, -0.2) is 26.1 Å². The summed E-state index contributed by atoms with van der Waals surface area (Å²) in [4.78, 5) is 23.2. The summed E-state index contributed by atoms with van der Waals surface area (Å²) in [6, 6.07) is 11.7. The Morgan fingerprint density at radius 1 is 1.30 bits per heavy atom. The van der Waals surface area contributed by atoms with Crippen LogP contribution in [-0.2, 0) is 26.1 Å². The smallest absolute Gasteiger partial charge is 0.420 e. The van der Waals surface area contributed by atoms with Gasteiger partial charge in [0.25, 0.3) is 10.0 Å². The minimum Gasteiger partial charge on any atom is -0.468 e. The average Bonchev–Trinajstić information content (AvgIpc) is 2.96. The number of hydrogen-bond acceptors (Lipinski definition) is 7. The lowest BCUT2D eigenvalue weighted by Crippen LogP contribution is -2.20. The van der Waals surface area contributed by atoms with Crippen molar-refractivity contribution in [1.82, 2.24) is 4.57 Å². The van der Waals surface area contributed by atoms with Crippen molar-refractivity contribution in [3.05, 3.63) is 58.6 Å². The third kappa shape index (κ3) is 3.68. The molecule has 0 atom stereocenters. The molecule has 3 aromatic rings. The Morgan fingerprint density at radius 2 is 2.07 bits per heavy atom. The molecule has 1 aromatic heterocycles. The first-order valence-electron chi connectivity index (χ1n) is 7.57. The van der Waals surface area contributed by atoms with E-state index in [0.717, 1.165) is 4.57 Å². The molecule has 0 aliphatic carbocycles. The van der Waals surface area contributed by atoms with Crippen LogP contribution < -0.4 is 10.5 Å². The van der Waals surface area contributed by atoms with Crippen molar-refractivity contribution in [2.75, 3.05) is 11.8 Å². The first-order valence-corrected chi connectivity index (χ1v) is 9.05. The van der Waals surface area contributed by atoms with Crippen LogP contribution in [0.2, 0.25) is 0 Å². The largest absolute Gasteiger partial charge is 0.468 e. The number of anilines is 1. The van der Waals surface area contributed by atoms with Gasteiger partial charge in [0.05, 0.1) is 34.8 Å². The van der Waals surface area contributed by atoms with Crippen molar-refractivity contribution in [1.29, 1.82) is 5.26 Å². The van der Waals surface area contributed by atoms with Gasteiger partial charge in [-0.05, 0) is 30.3 Å². The fourth-order valence-electron chi connectivity index (χ4n) is 2.42. The fraction of sp³-hybridized carbons (Fsp3) is 0.118. The maximum absolute atomic E-state index is 12.6. The number of benzene rings is 2. The van der Waals surface area contributed by atoms with Gasteiger partial charge in [-0.1, -0.05) is 6.07 Å². The topological polar surface area (TPSA) is 131 Å². The number of esters is 1. The number of carbonyl (C=O) groups excluding carboxylic acids is 1. The molecule has 2 aromatic carbocycles. The number of aromatic nitrogens is 1. The highest BCUT2D eigenvalue weighted by Crippen LogP contribution is 2.21. The monoisotopic (exact) mass is 387 g/mol. The molecule has 10 heteroatoms. The van der Waals surface area contributed by atoms with Crippen LogP contribution in [0.1, 0.15) is 5.56 Å². The lowest BCUT2D eigenvalue weighted by atomic mass is 10.2. The van der Waals surface area contributed by atoms with Gasteiger partial charge >= 0.3 is 11.7 Å². The van der Waals surface area contributed by atoms with Crippen molar-refractivity contribution in [3.8, 4) is 6.07 Å². The standard InChI is InChI=1S/C17H13N3O6S/c1-25-16(21)10-20-14-6-5-13(8-15(14)26-17(20)22)27(23,24)19-12-4-2-3-11(7-12)9-18/h2-8,19H,10H2,1H3. The number of hydrogen-bond donors (Lipinski definition) is 1. The Hall–Kier alpha value is -3.58. The average molecular weight is 387 g/mol. The number of nitriles is 1. The highest BCUT2D eigenvalue weighted by atomic mass is 32.2. The van der Waals surface area contributed by atoms with Gasteiger partial charge in [0.15, 0.2) is 5.58 Å². The van der Waals surface area contributed by atoms with E-state index in [1.54, 1.807) is 12.1 Å². The first-order chi connectivity index (χ1) is 12.8. The van der Waals surface area contributed by atoms with Crippen LogP contribution >= 0.6 is 0 Å². The van der Waals surface area contributed by atoms with Crippen molar-refractivity contribution in [3.63, 3.8) is 0 Å². The summed E-state index contributed by atoms with van der Waals surface area (Å²) in [5.74, 6) is -1.45. The van der Waals surface area contributed by atoms with Gasteiger partial charge in [0, 0.05) is 6.07 Å². The van der Waals surface area contributed by atoms with E-state index in [9.17, 15) is 18.0 Å². The Bertz CT molecular complexity index is 1230. The highest BCUT2D eigenvalue weighted by molar-refractivity contribution is 7.92. The number of fused-ring (bicyclic) bond motifs is 1. The van der Waals surface area contributed by atoms with Crippen LogP contribution in [0.15, 0.2) is 56.6 Å². The summed E-state index contributed by atoms with van der Waals surface area (Å²) in [5.41, 5.74) is 0.795. The molecule has 0 aliphatic rings. The second-order valence-electron chi connectivity index (χ2n) is 5.46. The molecule has 1 N–H and O–H groups in total. The summed E-state index contributed by atoms with van der Waals surface area (Å²) in [5, 5.41) is 8.90. The van der Waals surface area contributed by atoms with E-state index in [-0.39, 0.29) is 28.2 Å². The van der Waals surface area contributed by atoms with Crippen molar-refractivity contribution >= 4 is 32.8 Å². The molecule has 0 saturated heterocycles. The maximum Gasteiger partial charge on any atom is 0.420 e. The maximum atomic E-state index is 12.6. The number of methoxy groups -OCH3 is 1. The summed E-state index contributed by atoms with van der Waals surface area (Å²) >= 11 is 0. The second-order valence-corrected chi connectivity index (χ2v) is 7.14. The summed E-state index contributed by atoms with van der Waals surface area (Å²) in [6.45, 7) is -0.354. The third-order valence-electron chi connectivity index (χ3n) is 3.71. The van der Waals surface area contributed by atoms with E-state index in [2.05, 4.69) is 9.46 Å². The number of rotatable bonds is 5. The zero-order chi connectivity index (χ0) is 19.6. The van der Waals surface area contributed by atoms with E-state index >= 15 is 0 Å². The van der Waals surface area contributed by atoms with Gasteiger partial charge in [-0.3, -0.25) is 14.1 Å². The lowest BCUT2D eigenvalue weighted by Gasteiger charge is -2.08. The van der Waals surface area contributed by atoms with Crippen molar-refractivity contribution in [2.24, 2.45) is 0 Å². The SMILES string of the molecule is COC(=O)Cn1c(=O)oc2cc(S(=O)(=O)Nc3cccc(C#N)c3)ccc21. The van der Waals surface area contributed by atoms with Crippen LogP contribution in [0, 0.1) is 11.3 Å². The van der Waals surface area contributed by atoms with Gasteiger partial charge in [0.1, 0.15) is 6.54 Å². The number of oxazole rings is 1. The molecule has 0 bridgehead atoms. The molecule has 0 saturated carbocycles. The Kier molecular flexibility index (Phi) is 4.70. The number of ether oxygens (including phenoxy) is 1. The lowest BCUT2D eigenvalue weighted by molar-refractivity contribution is -0.141. The fourth-order valence-corrected chi connectivity index (χ4v) is 3.49. The summed E-state index contributed by atoms with van der Waals surface area (Å²) in [6.07, 6.45) is 0. The van der Waals surface area contributed by atoms with E-state index in [0.29, 0.717) is 5.56 Å². The number of nitrogens with zero attached hydrogens (tertiary/aromatic N) is 2. The highest BCUT2D eigenvalue weighted by Gasteiger charge is 2.19. The minimum absolute atomic E-state index is 0.0116. The number of nitrogens with one attached hydrogen (secondary N) is 1. The van der Waals surface area contributed by atoms with Gasteiger partial charge in [0.2, 0.25) is 0 Å². The molecule has 3 rings (SSSR count). The summed E-state index contributed by atoms with van der Waals surface area (Å²) in [7, 11) is -2.80. The summed E-state index contributed by atoms with van der Waals surface area (Å²) < 4.78 is 38.1. The quantitative estimate of drug-likeness (QED) is 0.655. The number of sulfonamides is 1. The van der Waals surface area contributed by atoms with Crippen LogP contribution in [0.3, 0.4) is 0 Å². The van der Waals surface area contributed by atoms with Gasteiger partial charge in [-0.15, -0.1) is 0 Å². The molecule has 0 fully saturated rings. The zero-order valence-electron chi connectivity index (χ0n) is 14.0. The predicted octanol–water partition coefficient (Wildman–Crippen LogP) is 1.44. The van der Waals surface area contributed by atoms with Gasteiger partial charge < -0.3 is 9.15 Å². The number of carbonyl (C=O) groups is 1. The minimum atomic E-state index is -3.98. The molecular formula is C17H13N3O6S. The van der Waals surface area contributed by atoms with E-state index in [4.69, 9.17) is 9.68 Å². The third-order valence-corrected chi connectivity index (χ3v) is 5.09.